The lowest BCUT2D eigenvalue weighted by Crippen LogP contribution is -2.04. The first kappa shape index (κ1) is 33.5. The minimum absolute atomic E-state index is 0.800. The van der Waals surface area contributed by atoms with Gasteiger partial charge in [0.05, 0.1) is 38.8 Å². The maximum atomic E-state index is 5.59. The Labute approximate surface area is 355 Å². The molecule has 0 atom stereocenters. The summed E-state index contributed by atoms with van der Waals surface area (Å²) in [6.45, 7) is 0. The number of nitrogens with zero attached hydrogens (tertiary/aromatic N) is 4. The summed E-state index contributed by atoms with van der Waals surface area (Å²) >= 11 is 0. The van der Waals surface area contributed by atoms with Crippen LogP contribution in [-0.2, 0) is 0 Å². The lowest BCUT2D eigenvalue weighted by atomic mass is 9.93. The zero-order valence-electron chi connectivity index (χ0n) is 33.4. The molecule has 3 aromatic heterocycles. The first-order valence-corrected chi connectivity index (χ1v) is 21.2. The maximum absolute atomic E-state index is 5.59. The Balaban J connectivity index is 1.13. The van der Waals surface area contributed by atoms with E-state index in [1.807, 2.05) is 6.07 Å². The summed E-state index contributed by atoms with van der Waals surface area (Å²) in [6.07, 6.45) is 0. The van der Waals surface area contributed by atoms with Gasteiger partial charge in [0.2, 0.25) is 0 Å². The normalized spacial score (nSPS) is 12.2. The Bertz CT molecular complexity index is 4190. The summed E-state index contributed by atoms with van der Waals surface area (Å²) in [5, 5.41) is 17.1. The second-order valence-corrected chi connectivity index (χ2v) is 16.5. The largest absolute Gasteiger partial charge is 0.309 e. The molecular weight excluding hydrogens is 753 g/mol. The molecule has 4 nitrogen and oxygen atoms in total. The van der Waals surface area contributed by atoms with Crippen molar-refractivity contribution in [2.75, 3.05) is 0 Å². The van der Waals surface area contributed by atoms with Crippen LogP contribution in [0.15, 0.2) is 206 Å². The Morgan fingerprint density at radius 1 is 0.290 bits per heavy atom. The third-order valence-electron chi connectivity index (χ3n) is 13.2. The minimum Gasteiger partial charge on any atom is -0.309 e. The number of benzene rings is 11. The summed E-state index contributed by atoms with van der Waals surface area (Å²) in [5.74, 6) is 0.800. The van der Waals surface area contributed by atoms with Crippen molar-refractivity contribution in [1.82, 2.24) is 19.1 Å². The molecule has 0 aliphatic carbocycles. The predicted octanol–water partition coefficient (Wildman–Crippen LogP) is 15.3. The molecule has 286 valence electrons. The summed E-state index contributed by atoms with van der Waals surface area (Å²) in [6, 6.07) is 74.9. The van der Waals surface area contributed by atoms with Crippen molar-refractivity contribution >= 4 is 109 Å². The molecule has 11 aromatic carbocycles. The molecule has 0 aliphatic heterocycles. The highest BCUT2D eigenvalue weighted by molar-refractivity contribution is 6.26. The van der Waals surface area contributed by atoms with Gasteiger partial charge in [-0.05, 0) is 108 Å². The first-order valence-electron chi connectivity index (χ1n) is 21.2. The number of hydrogen-bond donors (Lipinski definition) is 0. The van der Waals surface area contributed by atoms with E-state index in [0.717, 1.165) is 50.2 Å². The monoisotopic (exact) mass is 786 g/mol. The molecule has 0 unspecified atom stereocenters. The fourth-order valence-electron chi connectivity index (χ4n) is 10.5. The van der Waals surface area contributed by atoms with Crippen LogP contribution in [0.1, 0.15) is 0 Å². The lowest BCUT2D eigenvalue weighted by molar-refractivity contribution is 1.08. The number of aromatic nitrogens is 4. The van der Waals surface area contributed by atoms with Gasteiger partial charge in [0.1, 0.15) is 5.69 Å². The van der Waals surface area contributed by atoms with Gasteiger partial charge in [-0.1, -0.05) is 152 Å². The van der Waals surface area contributed by atoms with Crippen LogP contribution >= 0.6 is 0 Å². The van der Waals surface area contributed by atoms with Crippen molar-refractivity contribution in [2.24, 2.45) is 0 Å². The molecule has 14 aromatic rings. The third kappa shape index (κ3) is 4.61. The Kier molecular flexibility index (Phi) is 6.80. The number of rotatable bonds is 3. The molecule has 0 radical (unpaired) electrons. The zero-order chi connectivity index (χ0) is 40.5. The number of hydrogen-bond acceptors (Lipinski definition) is 2. The van der Waals surface area contributed by atoms with Crippen molar-refractivity contribution in [3.05, 3.63) is 206 Å². The van der Waals surface area contributed by atoms with Crippen LogP contribution < -0.4 is 0 Å². The molecule has 0 N–H and O–H groups in total. The van der Waals surface area contributed by atoms with Crippen molar-refractivity contribution < 1.29 is 0 Å². The summed E-state index contributed by atoms with van der Waals surface area (Å²) in [7, 11) is 0. The zero-order valence-corrected chi connectivity index (χ0v) is 33.4. The number of para-hydroxylation sites is 3. The number of fused-ring (bicyclic) bond motifs is 16. The molecule has 3 heterocycles. The Morgan fingerprint density at radius 2 is 0.855 bits per heavy atom. The molecule has 0 bridgehead atoms. The molecule has 0 amide bonds. The summed E-state index contributed by atoms with van der Waals surface area (Å²) < 4.78 is 4.85. The van der Waals surface area contributed by atoms with Gasteiger partial charge in [0.15, 0.2) is 5.82 Å². The van der Waals surface area contributed by atoms with E-state index in [1.54, 1.807) is 0 Å². The van der Waals surface area contributed by atoms with Crippen molar-refractivity contribution in [2.45, 2.75) is 0 Å². The van der Waals surface area contributed by atoms with Gasteiger partial charge in [-0.15, -0.1) is 0 Å². The highest BCUT2D eigenvalue weighted by Crippen LogP contribution is 2.44. The predicted molar refractivity (Wildman–Crippen MR) is 261 cm³/mol. The molecular formula is C58H34N4. The topological polar surface area (TPSA) is 35.6 Å². The van der Waals surface area contributed by atoms with Gasteiger partial charge >= 0.3 is 0 Å². The lowest BCUT2D eigenvalue weighted by Gasteiger charge is -2.16. The fourth-order valence-corrected chi connectivity index (χ4v) is 10.5. The molecule has 62 heavy (non-hydrogen) atoms. The SMILES string of the molecule is c1ccc2cc3c(cc2c1)c1c(-n2c4ccccc4c4c5ccccc5ccc42)cccc1n3-c1nc2ccccc2nc1-c1ccc2c3ccccc3c3ccccc3c2c1. The highest BCUT2D eigenvalue weighted by atomic mass is 15.1. The molecule has 0 saturated carbocycles. The van der Waals surface area contributed by atoms with E-state index in [-0.39, 0.29) is 0 Å². The second kappa shape index (κ2) is 12.6. The van der Waals surface area contributed by atoms with Crippen molar-refractivity contribution in [1.29, 1.82) is 0 Å². The Morgan fingerprint density at radius 3 is 1.61 bits per heavy atom. The summed E-state index contributed by atoms with van der Waals surface area (Å²) in [4.78, 5) is 11.1. The summed E-state index contributed by atoms with van der Waals surface area (Å²) in [5.41, 5.74) is 9.21. The van der Waals surface area contributed by atoms with Crippen LogP contribution in [-0.4, -0.2) is 19.1 Å². The van der Waals surface area contributed by atoms with E-state index in [0.29, 0.717) is 0 Å². The van der Waals surface area contributed by atoms with Crippen LogP contribution in [0.2, 0.25) is 0 Å². The first-order chi connectivity index (χ1) is 30.8. The van der Waals surface area contributed by atoms with Gasteiger partial charge in [0, 0.05) is 27.1 Å². The Hall–Kier alpha value is -8.34. The van der Waals surface area contributed by atoms with Crippen LogP contribution in [0.3, 0.4) is 0 Å². The molecule has 4 heteroatoms. The van der Waals surface area contributed by atoms with E-state index >= 15 is 0 Å². The van der Waals surface area contributed by atoms with Crippen molar-refractivity contribution in [3.8, 4) is 22.8 Å². The van der Waals surface area contributed by atoms with Gasteiger partial charge in [-0.2, -0.15) is 0 Å². The second-order valence-electron chi connectivity index (χ2n) is 16.5. The van der Waals surface area contributed by atoms with Crippen molar-refractivity contribution in [3.63, 3.8) is 0 Å². The third-order valence-corrected chi connectivity index (χ3v) is 13.2. The standard InChI is InChI=1S/C58H34N4/c1-2-16-37-34-54-47(32-36(37)15-1)56-51(61-50-25-12-9-22-45(50)55-39-17-4-3-14-35(39)29-31-53(55)61)26-13-27-52(56)62(54)58-57(59-48-23-10-11-24-49(48)60-58)38-28-30-44-42-20-6-5-18-40(42)41-19-7-8-21-43(41)46(44)33-38/h1-34H. The van der Waals surface area contributed by atoms with Crippen LogP contribution in [0.5, 0.6) is 0 Å². The van der Waals surface area contributed by atoms with Crippen LogP contribution in [0.4, 0.5) is 0 Å². The molecule has 14 rings (SSSR count). The van der Waals surface area contributed by atoms with E-state index in [2.05, 4.69) is 209 Å². The van der Waals surface area contributed by atoms with E-state index in [9.17, 15) is 0 Å². The fraction of sp³-hybridized carbons (Fsp3) is 0. The quantitative estimate of drug-likeness (QED) is 0.167. The molecule has 0 fully saturated rings. The maximum Gasteiger partial charge on any atom is 0.165 e. The van der Waals surface area contributed by atoms with Gasteiger partial charge in [-0.3, -0.25) is 4.57 Å². The average Bonchev–Trinajstić information content (AvgIpc) is 3.85. The smallest absolute Gasteiger partial charge is 0.165 e. The average molecular weight is 787 g/mol. The van der Waals surface area contributed by atoms with E-state index < -0.39 is 0 Å². The van der Waals surface area contributed by atoms with Gasteiger partial charge in [-0.25, -0.2) is 9.97 Å². The van der Waals surface area contributed by atoms with E-state index in [4.69, 9.17) is 9.97 Å². The molecule has 0 saturated heterocycles. The van der Waals surface area contributed by atoms with E-state index in [1.165, 1.54) is 81.1 Å². The van der Waals surface area contributed by atoms with Gasteiger partial charge in [0.25, 0.3) is 0 Å². The van der Waals surface area contributed by atoms with Gasteiger partial charge < -0.3 is 4.57 Å². The van der Waals surface area contributed by atoms with Crippen LogP contribution in [0.25, 0.3) is 131 Å². The highest BCUT2D eigenvalue weighted by Gasteiger charge is 2.24. The van der Waals surface area contributed by atoms with Crippen LogP contribution in [0, 0.1) is 0 Å². The molecule has 0 spiro atoms. The molecule has 0 aliphatic rings. The minimum atomic E-state index is 0.800.